The molecule has 0 aliphatic carbocycles. The number of fused-ring (bicyclic) bond motifs is 1. The second-order valence-electron chi connectivity index (χ2n) is 6.21. The van der Waals surface area contributed by atoms with Crippen molar-refractivity contribution in [3.8, 4) is 0 Å². The Kier molecular flexibility index (Phi) is 3.68. The number of piperazine rings is 1. The van der Waals surface area contributed by atoms with Gasteiger partial charge in [0.2, 0.25) is 5.89 Å². The number of hydrogen-bond donors (Lipinski definition) is 0. The maximum absolute atomic E-state index is 5.69. The largest absolute Gasteiger partial charge is 0.444 e. The van der Waals surface area contributed by atoms with E-state index < -0.39 is 0 Å². The third-order valence-corrected chi connectivity index (χ3v) is 4.46. The molecule has 3 aromatic heterocycles. The lowest BCUT2D eigenvalue weighted by Crippen LogP contribution is -2.46. The molecule has 126 valence electrons. The van der Waals surface area contributed by atoms with Crippen molar-refractivity contribution in [1.82, 2.24) is 29.5 Å². The molecule has 0 aromatic carbocycles. The standard InChI is InChI=1S/C16H21N7O/c1-11-12(2)24-15(18-11)10-21-4-6-22(7-5-21)16-9-17-8-14-19-13(3)20-23(14)16/h8-9H,4-7,10H2,1-3H3. The summed E-state index contributed by atoms with van der Waals surface area (Å²) < 4.78 is 7.56. The fourth-order valence-corrected chi connectivity index (χ4v) is 3.06. The Hall–Kier alpha value is -2.48. The van der Waals surface area contributed by atoms with Gasteiger partial charge in [-0.3, -0.25) is 9.88 Å². The molecule has 1 aliphatic rings. The molecule has 1 fully saturated rings. The minimum atomic E-state index is 0.757. The first-order chi connectivity index (χ1) is 11.6. The first kappa shape index (κ1) is 15.1. The van der Waals surface area contributed by atoms with Crippen molar-refractivity contribution < 1.29 is 4.42 Å². The van der Waals surface area contributed by atoms with E-state index in [-0.39, 0.29) is 0 Å². The molecule has 0 bridgehead atoms. The lowest BCUT2D eigenvalue weighted by molar-refractivity contribution is 0.224. The van der Waals surface area contributed by atoms with E-state index in [1.54, 1.807) is 6.20 Å². The summed E-state index contributed by atoms with van der Waals surface area (Å²) >= 11 is 0. The zero-order chi connectivity index (χ0) is 16.7. The third-order valence-electron chi connectivity index (χ3n) is 4.46. The molecule has 24 heavy (non-hydrogen) atoms. The van der Waals surface area contributed by atoms with Crippen LogP contribution in [0.3, 0.4) is 0 Å². The van der Waals surface area contributed by atoms with Crippen molar-refractivity contribution in [2.24, 2.45) is 0 Å². The monoisotopic (exact) mass is 327 g/mol. The number of rotatable bonds is 3. The van der Waals surface area contributed by atoms with Crippen LogP contribution in [-0.2, 0) is 6.54 Å². The molecule has 0 atom stereocenters. The Labute approximate surface area is 140 Å². The van der Waals surface area contributed by atoms with E-state index in [0.29, 0.717) is 0 Å². The maximum Gasteiger partial charge on any atom is 0.208 e. The van der Waals surface area contributed by atoms with Crippen LogP contribution in [0.1, 0.15) is 23.2 Å². The Morgan fingerprint density at radius 2 is 1.83 bits per heavy atom. The van der Waals surface area contributed by atoms with Crippen LogP contribution in [0.2, 0.25) is 0 Å². The molecule has 1 saturated heterocycles. The van der Waals surface area contributed by atoms with Gasteiger partial charge in [-0.2, -0.15) is 4.52 Å². The van der Waals surface area contributed by atoms with Crippen LogP contribution in [0, 0.1) is 20.8 Å². The SMILES string of the molecule is Cc1nc2cncc(N3CCN(Cc4nc(C)c(C)o4)CC3)n2n1. The van der Waals surface area contributed by atoms with E-state index in [4.69, 9.17) is 4.42 Å². The average molecular weight is 327 g/mol. The molecule has 4 rings (SSSR count). The molecule has 8 heteroatoms. The molecule has 0 N–H and O–H groups in total. The number of nitrogens with zero attached hydrogens (tertiary/aromatic N) is 7. The van der Waals surface area contributed by atoms with Gasteiger partial charge < -0.3 is 9.32 Å². The number of anilines is 1. The molecule has 4 heterocycles. The van der Waals surface area contributed by atoms with Crippen LogP contribution in [0.5, 0.6) is 0 Å². The van der Waals surface area contributed by atoms with Gasteiger partial charge in [0, 0.05) is 26.2 Å². The molecule has 0 radical (unpaired) electrons. The summed E-state index contributed by atoms with van der Waals surface area (Å²) in [6.45, 7) is 10.3. The lowest BCUT2D eigenvalue weighted by Gasteiger charge is -2.35. The van der Waals surface area contributed by atoms with Gasteiger partial charge in [0.15, 0.2) is 11.5 Å². The van der Waals surface area contributed by atoms with Gasteiger partial charge in [-0.25, -0.2) is 9.97 Å². The molecular formula is C16H21N7O. The zero-order valence-corrected chi connectivity index (χ0v) is 14.2. The number of oxazole rings is 1. The van der Waals surface area contributed by atoms with Gasteiger partial charge in [-0.05, 0) is 20.8 Å². The Bertz CT molecular complexity index is 841. The highest BCUT2D eigenvalue weighted by atomic mass is 16.4. The molecule has 0 saturated carbocycles. The van der Waals surface area contributed by atoms with Crippen molar-refractivity contribution in [3.63, 3.8) is 0 Å². The molecule has 1 aliphatic heterocycles. The topological polar surface area (TPSA) is 75.6 Å². The molecule has 8 nitrogen and oxygen atoms in total. The summed E-state index contributed by atoms with van der Waals surface area (Å²) in [6, 6.07) is 0. The number of aryl methyl sites for hydroxylation is 3. The van der Waals surface area contributed by atoms with Gasteiger partial charge in [-0.15, -0.1) is 5.10 Å². The van der Waals surface area contributed by atoms with Crippen molar-refractivity contribution in [2.45, 2.75) is 27.3 Å². The van der Waals surface area contributed by atoms with Gasteiger partial charge in [0.25, 0.3) is 0 Å². The van der Waals surface area contributed by atoms with Gasteiger partial charge in [0.1, 0.15) is 11.6 Å². The van der Waals surface area contributed by atoms with Crippen LogP contribution in [0.25, 0.3) is 5.65 Å². The summed E-state index contributed by atoms with van der Waals surface area (Å²) in [7, 11) is 0. The van der Waals surface area contributed by atoms with Gasteiger partial charge in [-0.1, -0.05) is 0 Å². The minimum absolute atomic E-state index is 0.757. The third kappa shape index (κ3) is 2.73. The Morgan fingerprint density at radius 3 is 2.54 bits per heavy atom. The van der Waals surface area contributed by atoms with Crippen LogP contribution in [0.15, 0.2) is 16.8 Å². The summed E-state index contributed by atoms with van der Waals surface area (Å²) in [5.41, 5.74) is 1.76. The van der Waals surface area contributed by atoms with Gasteiger partial charge in [0.05, 0.1) is 24.6 Å². The van der Waals surface area contributed by atoms with Crippen LogP contribution in [0.4, 0.5) is 5.82 Å². The first-order valence-electron chi connectivity index (χ1n) is 8.18. The highest BCUT2D eigenvalue weighted by Crippen LogP contribution is 2.18. The van der Waals surface area contributed by atoms with E-state index in [9.17, 15) is 0 Å². The average Bonchev–Trinajstić information content (AvgIpc) is 3.09. The summed E-state index contributed by atoms with van der Waals surface area (Å²) in [5, 5.41) is 4.47. The van der Waals surface area contributed by atoms with Crippen LogP contribution in [-0.4, -0.2) is 55.6 Å². The molecule has 0 spiro atoms. The lowest BCUT2D eigenvalue weighted by atomic mass is 10.3. The zero-order valence-electron chi connectivity index (χ0n) is 14.2. The van der Waals surface area contributed by atoms with E-state index in [1.807, 2.05) is 31.5 Å². The molecule has 0 unspecified atom stereocenters. The number of aromatic nitrogens is 5. The summed E-state index contributed by atoms with van der Waals surface area (Å²) in [4.78, 5) is 17.8. The normalized spacial score (nSPS) is 16.2. The predicted octanol–water partition coefficient (Wildman–Crippen LogP) is 1.36. The van der Waals surface area contributed by atoms with E-state index in [0.717, 1.165) is 67.4 Å². The fourth-order valence-electron chi connectivity index (χ4n) is 3.06. The first-order valence-corrected chi connectivity index (χ1v) is 8.18. The summed E-state index contributed by atoms with van der Waals surface area (Å²) in [5.74, 6) is 3.46. The van der Waals surface area contributed by atoms with Gasteiger partial charge >= 0.3 is 0 Å². The number of hydrogen-bond acceptors (Lipinski definition) is 7. The molecular weight excluding hydrogens is 306 g/mol. The highest BCUT2D eigenvalue weighted by Gasteiger charge is 2.21. The van der Waals surface area contributed by atoms with E-state index in [2.05, 4.69) is 29.9 Å². The quantitative estimate of drug-likeness (QED) is 0.719. The van der Waals surface area contributed by atoms with Crippen molar-refractivity contribution in [3.05, 3.63) is 35.6 Å². The second-order valence-corrected chi connectivity index (χ2v) is 6.21. The Morgan fingerprint density at radius 1 is 1.04 bits per heavy atom. The van der Waals surface area contributed by atoms with Crippen molar-refractivity contribution in [2.75, 3.05) is 31.1 Å². The highest BCUT2D eigenvalue weighted by molar-refractivity contribution is 5.47. The Balaban J connectivity index is 1.45. The fraction of sp³-hybridized carbons (Fsp3) is 0.500. The van der Waals surface area contributed by atoms with Crippen molar-refractivity contribution >= 4 is 11.5 Å². The molecule has 3 aromatic rings. The van der Waals surface area contributed by atoms with Crippen molar-refractivity contribution in [1.29, 1.82) is 0 Å². The van der Waals surface area contributed by atoms with E-state index in [1.165, 1.54) is 0 Å². The minimum Gasteiger partial charge on any atom is -0.444 e. The van der Waals surface area contributed by atoms with E-state index >= 15 is 0 Å². The summed E-state index contributed by atoms with van der Waals surface area (Å²) in [6.07, 6.45) is 3.60. The maximum atomic E-state index is 5.69. The smallest absolute Gasteiger partial charge is 0.208 e. The second kappa shape index (κ2) is 5.86. The van der Waals surface area contributed by atoms with Crippen LogP contribution < -0.4 is 4.90 Å². The predicted molar refractivity (Wildman–Crippen MR) is 89.0 cm³/mol. The molecule has 0 amide bonds. The van der Waals surface area contributed by atoms with Crippen LogP contribution >= 0.6 is 0 Å².